The lowest BCUT2D eigenvalue weighted by molar-refractivity contribution is -0.121. The summed E-state index contributed by atoms with van der Waals surface area (Å²) in [6.45, 7) is 3.76. The van der Waals surface area contributed by atoms with Crippen LogP contribution < -0.4 is 10.6 Å². The Balaban J connectivity index is 1.65. The summed E-state index contributed by atoms with van der Waals surface area (Å²) < 4.78 is 6.92. The minimum Gasteiger partial charge on any atom is -0.385 e. The number of ether oxygens (including phenoxy) is 1. The van der Waals surface area contributed by atoms with Gasteiger partial charge in [-0.3, -0.25) is 9.59 Å². The lowest BCUT2D eigenvalue weighted by Gasteiger charge is -2.11. The van der Waals surface area contributed by atoms with Crippen molar-refractivity contribution < 1.29 is 14.3 Å². The van der Waals surface area contributed by atoms with Gasteiger partial charge in [0.2, 0.25) is 5.91 Å². The number of carbonyl (C=O) groups is 2. The van der Waals surface area contributed by atoms with Gasteiger partial charge in [-0.15, -0.1) is 0 Å². The molecule has 1 aromatic heterocycles. The van der Waals surface area contributed by atoms with E-state index in [1.807, 2.05) is 54.0 Å². The number of nitrogens with zero attached hydrogens (tertiary/aromatic N) is 2. The Hall–Kier alpha value is -3.19. The molecule has 0 aliphatic rings. The summed E-state index contributed by atoms with van der Waals surface area (Å²) in [6.07, 6.45) is 1.30. The molecule has 0 atom stereocenters. The van der Waals surface area contributed by atoms with Crippen molar-refractivity contribution in [2.45, 2.75) is 26.3 Å². The number of imidazole rings is 1. The van der Waals surface area contributed by atoms with Crippen molar-refractivity contribution in [1.29, 1.82) is 0 Å². The Bertz CT molecular complexity index is 1010. The molecule has 0 fully saturated rings. The summed E-state index contributed by atoms with van der Waals surface area (Å²) in [5.41, 5.74) is 3.43. The zero-order chi connectivity index (χ0) is 21.3. The second kappa shape index (κ2) is 10.5. The van der Waals surface area contributed by atoms with Gasteiger partial charge < -0.3 is 19.9 Å². The van der Waals surface area contributed by atoms with E-state index in [2.05, 4.69) is 15.6 Å². The van der Waals surface area contributed by atoms with E-state index in [1.165, 1.54) is 0 Å². The Labute approximate surface area is 176 Å². The Morgan fingerprint density at radius 1 is 1.07 bits per heavy atom. The number of aryl methyl sites for hydroxylation is 1. The molecule has 3 rings (SSSR count). The van der Waals surface area contributed by atoms with Crippen LogP contribution in [0, 0.1) is 6.92 Å². The summed E-state index contributed by atoms with van der Waals surface area (Å²) in [4.78, 5) is 29.4. The van der Waals surface area contributed by atoms with Gasteiger partial charge in [0.25, 0.3) is 5.91 Å². The van der Waals surface area contributed by atoms with Crippen LogP contribution in [0.3, 0.4) is 0 Å². The third-order valence-electron chi connectivity index (χ3n) is 4.80. The van der Waals surface area contributed by atoms with Crippen LogP contribution in [0.4, 0.5) is 0 Å². The molecule has 7 heteroatoms. The smallest absolute Gasteiger partial charge is 0.251 e. The number of nitrogens with one attached hydrogen (secondary N) is 2. The topological polar surface area (TPSA) is 85.2 Å². The molecule has 2 amide bonds. The van der Waals surface area contributed by atoms with E-state index in [1.54, 1.807) is 13.2 Å². The predicted octanol–water partition coefficient (Wildman–Crippen LogP) is 2.47. The first-order valence-corrected chi connectivity index (χ1v) is 10.1. The lowest BCUT2D eigenvalue weighted by Crippen LogP contribution is -2.30. The average molecular weight is 409 g/mol. The predicted molar refractivity (Wildman–Crippen MR) is 116 cm³/mol. The number of hydrogen-bond donors (Lipinski definition) is 2. The fourth-order valence-electron chi connectivity index (χ4n) is 3.31. The zero-order valence-corrected chi connectivity index (χ0v) is 17.5. The average Bonchev–Trinajstić information content (AvgIpc) is 3.08. The number of fused-ring (bicyclic) bond motifs is 1. The molecular weight excluding hydrogens is 380 g/mol. The van der Waals surface area contributed by atoms with E-state index in [4.69, 9.17) is 4.74 Å². The van der Waals surface area contributed by atoms with Crippen LogP contribution in [0.2, 0.25) is 0 Å². The highest BCUT2D eigenvalue weighted by atomic mass is 16.5. The number of rotatable bonds is 10. The van der Waals surface area contributed by atoms with Crippen molar-refractivity contribution >= 4 is 22.8 Å². The molecule has 0 aliphatic carbocycles. The normalized spacial score (nSPS) is 10.9. The fraction of sp³-hybridized carbons (Fsp3) is 0.348. The number of amides is 2. The number of methoxy groups -OCH3 is 1. The number of benzene rings is 2. The molecule has 0 unspecified atom stereocenters. The van der Waals surface area contributed by atoms with Crippen molar-refractivity contribution in [1.82, 2.24) is 20.2 Å². The van der Waals surface area contributed by atoms with Crippen LogP contribution >= 0.6 is 0 Å². The summed E-state index contributed by atoms with van der Waals surface area (Å²) >= 11 is 0. The molecule has 1 heterocycles. The lowest BCUT2D eigenvalue weighted by atomic mass is 10.1. The van der Waals surface area contributed by atoms with E-state index in [9.17, 15) is 9.59 Å². The van der Waals surface area contributed by atoms with Crippen molar-refractivity contribution in [3.8, 4) is 0 Å². The standard InChI is InChI=1S/C23H28N4O3/c1-17-7-5-8-18(15-17)23(29)25-13-11-21-26-19-9-3-4-10-20(19)27(21)16-22(28)24-12-6-14-30-2/h3-5,7-10,15H,6,11-14,16H2,1-2H3,(H,24,28)(H,25,29). The number of aromatic nitrogens is 2. The van der Waals surface area contributed by atoms with E-state index in [-0.39, 0.29) is 18.4 Å². The maximum absolute atomic E-state index is 12.4. The Morgan fingerprint density at radius 2 is 1.90 bits per heavy atom. The minimum absolute atomic E-state index is 0.0701. The molecule has 0 saturated carbocycles. The second-order valence-electron chi connectivity index (χ2n) is 7.17. The summed E-state index contributed by atoms with van der Waals surface area (Å²) in [6, 6.07) is 15.2. The monoisotopic (exact) mass is 408 g/mol. The van der Waals surface area contributed by atoms with Gasteiger partial charge in [-0.25, -0.2) is 4.98 Å². The maximum atomic E-state index is 12.4. The quantitative estimate of drug-likeness (QED) is 0.505. The number of carbonyl (C=O) groups excluding carboxylic acids is 2. The molecule has 30 heavy (non-hydrogen) atoms. The zero-order valence-electron chi connectivity index (χ0n) is 17.5. The van der Waals surface area contributed by atoms with E-state index in [0.29, 0.717) is 31.7 Å². The highest BCUT2D eigenvalue weighted by Gasteiger charge is 2.14. The first-order chi connectivity index (χ1) is 14.6. The Morgan fingerprint density at radius 3 is 2.70 bits per heavy atom. The van der Waals surface area contributed by atoms with Gasteiger partial charge in [-0.2, -0.15) is 0 Å². The van der Waals surface area contributed by atoms with Gasteiger partial charge in [0, 0.05) is 38.8 Å². The van der Waals surface area contributed by atoms with Crippen LogP contribution in [-0.4, -0.2) is 48.2 Å². The molecule has 158 valence electrons. The first kappa shape index (κ1) is 21.5. The maximum Gasteiger partial charge on any atom is 0.251 e. The fourth-order valence-corrected chi connectivity index (χ4v) is 3.31. The van der Waals surface area contributed by atoms with Crippen molar-refractivity contribution in [3.05, 3.63) is 65.5 Å². The van der Waals surface area contributed by atoms with Gasteiger partial charge in [-0.05, 0) is 37.6 Å². The van der Waals surface area contributed by atoms with Gasteiger partial charge in [0.15, 0.2) is 0 Å². The molecule has 0 bridgehead atoms. The van der Waals surface area contributed by atoms with Crippen LogP contribution in [0.5, 0.6) is 0 Å². The summed E-state index contributed by atoms with van der Waals surface area (Å²) in [7, 11) is 1.64. The molecule has 0 radical (unpaired) electrons. The molecular formula is C23H28N4O3. The number of para-hydroxylation sites is 2. The van der Waals surface area contributed by atoms with E-state index >= 15 is 0 Å². The van der Waals surface area contributed by atoms with Crippen LogP contribution in [0.1, 0.15) is 28.2 Å². The molecule has 2 N–H and O–H groups in total. The Kier molecular flexibility index (Phi) is 7.57. The van der Waals surface area contributed by atoms with Crippen molar-refractivity contribution in [3.63, 3.8) is 0 Å². The molecule has 7 nitrogen and oxygen atoms in total. The molecule has 3 aromatic rings. The highest BCUT2D eigenvalue weighted by molar-refractivity contribution is 5.94. The van der Waals surface area contributed by atoms with Gasteiger partial charge in [0.05, 0.1) is 11.0 Å². The number of hydrogen-bond acceptors (Lipinski definition) is 4. The molecule has 2 aromatic carbocycles. The van der Waals surface area contributed by atoms with Crippen LogP contribution in [-0.2, 0) is 22.5 Å². The van der Waals surface area contributed by atoms with E-state index < -0.39 is 0 Å². The van der Waals surface area contributed by atoms with Crippen LogP contribution in [0.15, 0.2) is 48.5 Å². The second-order valence-corrected chi connectivity index (χ2v) is 7.17. The van der Waals surface area contributed by atoms with Gasteiger partial charge in [-0.1, -0.05) is 29.8 Å². The molecule has 0 aliphatic heterocycles. The summed E-state index contributed by atoms with van der Waals surface area (Å²) in [5.74, 6) is 0.587. The minimum atomic E-state index is -0.114. The highest BCUT2D eigenvalue weighted by Crippen LogP contribution is 2.16. The SMILES string of the molecule is COCCCNC(=O)Cn1c(CCNC(=O)c2cccc(C)c2)nc2ccccc21. The molecule has 0 saturated heterocycles. The summed E-state index contributed by atoms with van der Waals surface area (Å²) in [5, 5.41) is 5.85. The third-order valence-corrected chi connectivity index (χ3v) is 4.80. The third kappa shape index (κ3) is 5.67. The largest absolute Gasteiger partial charge is 0.385 e. The van der Waals surface area contributed by atoms with Crippen molar-refractivity contribution in [2.24, 2.45) is 0 Å². The van der Waals surface area contributed by atoms with Gasteiger partial charge >= 0.3 is 0 Å². The van der Waals surface area contributed by atoms with E-state index in [0.717, 1.165) is 28.8 Å². The first-order valence-electron chi connectivity index (χ1n) is 10.1. The van der Waals surface area contributed by atoms with Crippen molar-refractivity contribution in [2.75, 3.05) is 26.8 Å². The molecule has 0 spiro atoms. The van der Waals surface area contributed by atoms with Gasteiger partial charge in [0.1, 0.15) is 12.4 Å². The van der Waals surface area contributed by atoms with Crippen LogP contribution in [0.25, 0.3) is 11.0 Å².